The summed E-state index contributed by atoms with van der Waals surface area (Å²) in [6.07, 6.45) is 11.0. The number of hydrogen-bond donors (Lipinski definition) is 0. The van der Waals surface area contributed by atoms with Gasteiger partial charge >= 0.3 is 6.33 Å². The molecule has 0 saturated heterocycles. The quantitative estimate of drug-likeness (QED) is 0.152. The molecule has 4 heteroatoms. The van der Waals surface area contributed by atoms with Crippen molar-refractivity contribution in [2.75, 3.05) is 0 Å². The maximum absolute atomic E-state index is 7.23. The molecule has 2 nitrogen and oxygen atoms in total. The predicted octanol–water partition coefficient (Wildman–Crippen LogP) is 10.5. The van der Waals surface area contributed by atoms with E-state index in [0.717, 1.165) is 51.4 Å². The van der Waals surface area contributed by atoms with Crippen molar-refractivity contribution in [3.05, 3.63) is 86.0 Å². The van der Waals surface area contributed by atoms with Crippen LogP contribution in [0.2, 0.25) is 10.3 Å². The molecule has 1 aromatic heterocycles. The molecular weight excluding hydrogens is 519 g/mol. The third-order valence-corrected chi connectivity index (χ3v) is 10.0. The molecule has 0 N–H and O–H groups in total. The standard InChI is InChI=1S/C35H51Cl2N2/c1-9-24(10-2)28-19-17-20-29(25(11-3)12-4)32(28)38-23-39(35(37)34(38)36)33-30(26(13-5)14-6)21-18-22-31(33)27(15-7)16-8/h17-27H,9-16H2,1-8H3/q-1. The lowest BCUT2D eigenvalue weighted by atomic mass is 9.86. The van der Waals surface area contributed by atoms with Gasteiger partial charge in [0.05, 0.1) is 10.7 Å². The van der Waals surface area contributed by atoms with E-state index < -0.39 is 0 Å². The van der Waals surface area contributed by atoms with Crippen molar-refractivity contribution in [3.8, 4) is 0 Å². The maximum Gasteiger partial charge on any atom is 0.342 e. The second-order valence-corrected chi connectivity index (χ2v) is 11.8. The number of nitrogens with zero attached hydrogens (tertiary/aromatic N) is 2. The van der Waals surface area contributed by atoms with E-state index in [1.807, 2.05) is 0 Å². The fourth-order valence-corrected chi connectivity index (χ4v) is 7.11. The summed E-state index contributed by atoms with van der Waals surface area (Å²) in [6, 6.07) is 13.7. The summed E-state index contributed by atoms with van der Waals surface area (Å²) in [5.41, 5.74) is 5.49. The molecule has 0 spiro atoms. The Morgan fingerprint density at radius 2 is 0.718 bits per heavy atom. The van der Waals surface area contributed by atoms with Gasteiger partial charge in [0, 0.05) is 0 Å². The highest BCUT2D eigenvalue weighted by Gasteiger charge is 2.20. The van der Waals surface area contributed by atoms with Crippen LogP contribution in [0.4, 0.5) is 0 Å². The van der Waals surface area contributed by atoms with Crippen LogP contribution in [0, 0.1) is 10.7 Å². The number of aromatic nitrogens is 2. The summed E-state index contributed by atoms with van der Waals surface area (Å²) in [7, 11) is 0. The fraction of sp³-hybridized carbons (Fsp3) is 0.571. The number of benzene rings is 2. The zero-order valence-electron chi connectivity index (χ0n) is 25.7. The predicted molar refractivity (Wildman–Crippen MR) is 167 cm³/mol. The van der Waals surface area contributed by atoms with Crippen LogP contribution < -0.4 is 8.49 Å². The van der Waals surface area contributed by atoms with Gasteiger partial charge in [0.15, 0.2) is 0 Å². The minimum Gasteiger partial charge on any atom is -0.213 e. The van der Waals surface area contributed by atoms with E-state index in [9.17, 15) is 0 Å². The third kappa shape index (κ3) is 6.28. The van der Waals surface area contributed by atoms with Crippen LogP contribution in [-0.2, 0) is 0 Å². The van der Waals surface area contributed by atoms with Gasteiger partial charge in [-0.3, -0.25) is 0 Å². The molecular formula is C35H51Cl2N2-. The highest BCUT2D eigenvalue weighted by atomic mass is 35.5. The molecule has 216 valence electrons. The Morgan fingerprint density at radius 3 is 0.923 bits per heavy atom. The van der Waals surface area contributed by atoms with Crippen molar-refractivity contribution in [2.45, 2.75) is 130 Å². The second kappa shape index (κ2) is 14.7. The molecule has 0 radical (unpaired) electrons. The summed E-state index contributed by atoms with van der Waals surface area (Å²) >= 11 is 14.5. The first-order valence-corrected chi connectivity index (χ1v) is 16.4. The molecule has 2 aromatic carbocycles. The average molecular weight is 571 g/mol. The van der Waals surface area contributed by atoms with Gasteiger partial charge in [0.25, 0.3) is 10.3 Å². The van der Waals surface area contributed by atoms with E-state index in [4.69, 9.17) is 23.2 Å². The highest BCUT2D eigenvalue weighted by Crippen LogP contribution is 2.32. The summed E-state index contributed by atoms with van der Waals surface area (Å²) in [5.74, 6) is 1.88. The van der Waals surface area contributed by atoms with E-state index in [0.29, 0.717) is 34.0 Å². The zero-order chi connectivity index (χ0) is 28.7. The van der Waals surface area contributed by atoms with Crippen molar-refractivity contribution in [2.24, 2.45) is 0 Å². The Bertz CT molecular complexity index is 1220. The van der Waals surface area contributed by atoms with Gasteiger partial charge in [-0.25, -0.2) is 8.49 Å². The topological polar surface area (TPSA) is 11.8 Å². The monoisotopic (exact) mass is 569 g/mol. The number of para-hydroxylation sites is 2. The number of imidazole rings is 1. The van der Waals surface area contributed by atoms with Gasteiger partial charge in [-0.1, -0.05) is 154 Å². The molecule has 0 aliphatic carbocycles. The van der Waals surface area contributed by atoms with Gasteiger partial charge in [-0.05, 0) is 0 Å². The first-order valence-electron chi connectivity index (χ1n) is 15.6. The van der Waals surface area contributed by atoms with Crippen molar-refractivity contribution < 1.29 is 8.49 Å². The SMILES string of the molecule is CCC(CC)c1c[cH-]cc(C(CC)CC)c1=[n+]1[cH-][n+](=c2c(C(CC)CC)c[cH-]cc2C(CC)CC)c(Cl)c1Cl. The molecule has 0 aliphatic heterocycles. The Kier molecular flexibility index (Phi) is 12.0. The number of halogens is 2. The second-order valence-electron chi connectivity index (χ2n) is 11.1. The van der Waals surface area contributed by atoms with E-state index in [1.54, 1.807) is 0 Å². The Morgan fingerprint density at radius 1 is 0.487 bits per heavy atom. The molecule has 1 heterocycles. The average Bonchev–Trinajstić information content (AvgIpc) is 3.25. The smallest absolute Gasteiger partial charge is 0.213 e. The van der Waals surface area contributed by atoms with Crippen LogP contribution in [0.5, 0.6) is 0 Å². The van der Waals surface area contributed by atoms with Gasteiger partial charge in [0.1, 0.15) is 0 Å². The first kappa shape index (κ1) is 31.8. The molecule has 0 saturated carbocycles. The van der Waals surface area contributed by atoms with Crippen molar-refractivity contribution in [1.82, 2.24) is 0 Å². The van der Waals surface area contributed by atoms with Crippen LogP contribution in [0.15, 0.2) is 42.7 Å². The Hall–Kier alpha value is -1.77. The molecule has 0 unspecified atom stereocenters. The van der Waals surface area contributed by atoms with E-state index in [2.05, 4.69) is 107 Å². The lowest BCUT2D eigenvalue weighted by molar-refractivity contribution is -0.616. The zero-order valence-corrected chi connectivity index (χ0v) is 27.2. The minimum absolute atomic E-state index is 0.469. The fourth-order valence-electron chi connectivity index (χ4n) is 6.68. The molecule has 3 rings (SSSR count). The maximum atomic E-state index is 7.23. The van der Waals surface area contributed by atoms with Gasteiger partial charge in [-0.2, -0.15) is 36.4 Å². The lowest BCUT2D eigenvalue weighted by Gasteiger charge is -2.25. The van der Waals surface area contributed by atoms with E-state index >= 15 is 0 Å². The largest absolute Gasteiger partial charge is 0.342 e. The van der Waals surface area contributed by atoms with Crippen LogP contribution in [0.1, 0.15) is 153 Å². The van der Waals surface area contributed by atoms with E-state index in [1.165, 1.54) is 33.0 Å². The summed E-state index contributed by atoms with van der Waals surface area (Å²) < 4.78 is 4.40. The van der Waals surface area contributed by atoms with Gasteiger partial charge < -0.3 is 0 Å². The molecule has 0 aliphatic rings. The summed E-state index contributed by atoms with van der Waals surface area (Å²) in [6.45, 7) is 18.3. The van der Waals surface area contributed by atoms with Crippen LogP contribution >= 0.6 is 23.2 Å². The molecule has 0 amide bonds. The van der Waals surface area contributed by atoms with Crippen molar-refractivity contribution in [3.63, 3.8) is 0 Å². The summed E-state index contributed by atoms with van der Waals surface area (Å²) in [4.78, 5) is 0. The van der Waals surface area contributed by atoms with Gasteiger partial charge in [0.2, 0.25) is 0 Å². The van der Waals surface area contributed by atoms with Crippen LogP contribution in [0.25, 0.3) is 0 Å². The minimum atomic E-state index is 0.469. The van der Waals surface area contributed by atoms with Crippen LogP contribution in [-0.4, -0.2) is 0 Å². The molecule has 0 fully saturated rings. The molecule has 39 heavy (non-hydrogen) atoms. The normalized spacial score (nSPS) is 12.1. The lowest BCUT2D eigenvalue weighted by Crippen LogP contribution is -2.26. The van der Waals surface area contributed by atoms with Crippen molar-refractivity contribution in [1.29, 1.82) is 0 Å². The molecule has 0 atom stereocenters. The van der Waals surface area contributed by atoms with Crippen LogP contribution in [0.3, 0.4) is 0 Å². The van der Waals surface area contributed by atoms with Crippen molar-refractivity contribution >= 4 is 23.2 Å². The number of rotatable bonds is 12. The molecule has 3 aromatic rings. The van der Waals surface area contributed by atoms with Gasteiger partial charge in [-0.15, -0.1) is 22.3 Å². The molecule has 0 bridgehead atoms. The Balaban J connectivity index is 2.73. The Labute approximate surface area is 247 Å². The van der Waals surface area contributed by atoms with E-state index in [-0.39, 0.29) is 0 Å². The first-order chi connectivity index (χ1) is 18.9. The summed E-state index contributed by atoms with van der Waals surface area (Å²) in [5, 5.41) is 3.65. The number of hydrogen-bond acceptors (Lipinski definition) is 0. The third-order valence-electron chi connectivity index (χ3n) is 9.20. The highest BCUT2D eigenvalue weighted by molar-refractivity contribution is 6.39.